The van der Waals surface area contributed by atoms with Gasteiger partial charge in [0.15, 0.2) is 0 Å². The molecule has 104 valence electrons. The van der Waals surface area contributed by atoms with Gasteiger partial charge in [-0.2, -0.15) is 0 Å². The fraction of sp³-hybridized carbons (Fsp3) is 0.933. The van der Waals surface area contributed by atoms with Gasteiger partial charge in [0.25, 0.3) is 0 Å². The van der Waals surface area contributed by atoms with Crippen LogP contribution in [0.15, 0.2) is 0 Å². The minimum atomic E-state index is -0.456. The summed E-state index contributed by atoms with van der Waals surface area (Å²) in [5.41, 5.74) is 5.77. The fourth-order valence-corrected chi connectivity index (χ4v) is 3.98. The zero-order valence-electron chi connectivity index (χ0n) is 12.5. The number of primary amides is 1. The predicted molar refractivity (Wildman–Crippen MR) is 74.0 cm³/mol. The van der Waals surface area contributed by atoms with Gasteiger partial charge in [-0.25, -0.2) is 0 Å². The smallest absolute Gasteiger partial charge is 0.224 e. The molecule has 2 bridgehead atoms. The highest BCUT2D eigenvalue weighted by Crippen LogP contribution is 2.65. The van der Waals surface area contributed by atoms with Gasteiger partial charge in [0, 0.05) is 12.6 Å². The first-order valence-electron chi connectivity index (χ1n) is 7.14. The van der Waals surface area contributed by atoms with Crippen LogP contribution in [0.3, 0.4) is 0 Å². The van der Waals surface area contributed by atoms with Gasteiger partial charge in [0.1, 0.15) is 0 Å². The molecule has 3 atom stereocenters. The van der Waals surface area contributed by atoms with Crippen LogP contribution in [0.2, 0.25) is 0 Å². The van der Waals surface area contributed by atoms with Crippen LogP contribution < -0.4 is 11.1 Å². The van der Waals surface area contributed by atoms with Crippen LogP contribution in [0.4, 0.5) is 0 Å². The number of amides is 1. The van der Waals surface area contributed by atoms with Crippen LogP contribution >= 0.6 is 0 Å². The Morgan fingerprint density at radius 3 is 2.39 bits per heavy atom. The van der Waals surface area contributed by atoms with Gasteiger partial charge in [-0.3, -0.25) is 4.79 Å². The van der Waals surface area contributed by atoms with E-state index in [1.807, 2.05) is 13.8 Å². The van der Waals surface area contributed by atoms with Crippen molar-refractivity contribution in [3.63, 3.8) is 0 Å². The largest absolute Gasteiger partial charge is 0.369 e. The molecule has 2 saturated carbocycles. The molecule has 0 spiro atoms. The number of nitrogens with one attached hydrogen (secondary N) is 1. The summed E-state index contributed by atoms with van der Waals surface area (Å²) in [7, 11) is 0. The van der Waals surface area contributed by atoms with Gasteiger partial charge in [-0.15, -0.1) is 0 Å². The van der Waals surface area contributed by atoms with Gasteiger partial charge in [-0.05, 0) is 49.9 Å². The van der Waals surface area contributed by atoms with E-state index in [1.54, 1.807) is 0 Å². The molecule has 2 aliphatic rings. The van der Waals surface area contributed by atoms with Crippen molar-refractivity contribution in [3.05, 3.63) is 0 Å². The number of fused-ring (bicyclic) bond motifs is 2. The van der Waals surface area contributed by atoms with E-state index in [2.05, 4.69) is 26.1 Å². The SMILES string of the molecule is CC(C)(CNC1CC2CCC1(C)C2(C)C)C(N)=O. The third-order valence-corrected chi connectivity index (χ3v) is 6.25. The van der Waals surface area contributed by atoms with Gasteiger partial charge in [0.05, 0.1) is 5.41 Å². The van der Waals surface area contributed by atoms with E-state index in [4.69, 9.17) is 5.73 Å². The number of hydrogen-bond acceptors (Lipinski definition) is 2. The number of nitrogens with two attached hydrogens (primary N) is 1. The van der Waals surface area contributed by atoms with E-state index in [1.165, 1.54) is 19.3 Å². The maximum Gasteiger partial charge on any atom is 0.224 e. The average Bonchev–Trinajstić information content (AvgIpc) is 2.58. The quantitative estimate of drug-likeness (QED) is 0.806. The normalized spacial score (nSPS) is 38.1. The van der Waals surface area contributed by atoms with E-state index in [0.717, 1.165) is 5.92 Å². The zero-order valence-corrected chi connectivity index (χ0v) is 12.5. The molecule has 0 aliphatic heterocycles. The van der Waals surface area contributed by atoms with E-state index < -0.39 is 5.41 Å². The Labute approximate surface area is 111 Å². The molecule has 2 aliphatic carbocycles. The molecule has 0 aromatic heterocycles. The summed E-state index contributed by atoms with van der Waals surface area (Å²) >= 11 is 0. The van der Waals surface area contributed by atoms with Crippen LogP contribution in [0, 0.1) is 22.2 Å². The molecule has 3 unspecified atom stereocenters. The number of carbonyl (C=O) groups is 1. The molecule has 18 heavy (non-hydrogen) atoms. The van der Waals surface area contributed by atoms with Crippen LogP contribution in [-0.2, 0) is 4.79 Å². The number of hydrogen-bond donors (Lipinski definition) is 2. The topological polar surface area (TPSA) is 55.1 Å². The first-order valence-corrected chi connectivity index (χ1v) is 7.14. The standard InChI is InChI=1S/C15H28N2O/c1-13(2,12(16)18)9-17-11-8-10-6-7-15(11,5)14(10,3)4/h10-11,17H,6-9H2,1-5H3,(H2,16,18). The molecule has 0 saturated heterocycles. The van der Waals surface area contributed by atoms with Gasteiger partial charge in [-0.1, -0.05) is 20.8 Å². The van der Waals surface area contributed by atoms with E-state index >= 15 is 0 Å². The molecule has 0 aromatic carbocycles. The lowest BCUT2D eigenvalue weighted by Crippen LogP contribution is -2.49. The van der Waals surface area contributed by atoms with Crippen molar-refractivity contribution in [2.75, 3.05) is 6.54 Å². The van der Waals surface area contributed by atoms with Gasteiger partial charge < -0.3 is 11.1 Å². The molecule has 0 radical (unpaired) electrons. The predicted octanol–water partition coefficient (Wildman–Crippen LogP) is 2.30. The molecule has 3 nitrogen and oxygen atoms in total. The van der Waals surface area contributed by atoms with Crippen LogP contribution in [0.1, 0.15) is 53.9 Å². The van der Waals surface area contributed by atoms with Crippen molar-refractivity contribution in [1.29, 1.82) is 0 Å². The third-order valence-electron chi connectivity index (χ3n) is 6.25. The van der Waals surface area contributed by atoms with E-state index in [-0.39, 0.29) is 5.91 Å². The van der Waals surface area contributed by atoms with Crippen LogP contribution in [0.25, 0.3) is 0 Å². The van der Waals surface area contributed by atoms with Crippen molar-refractivity contribution >= 4 is 5.91 Å². The zero-order chi connectivity index (χ0) is 13.8. The molecule has 0 aromatic rings. The van der Waals surface area contributed by atoms with Crippen LogP contribution in [-0.4, -0.2) is 18.5 Å². The second kappa shape index (κ2) is 3.96. The summed E-state index contributed by atoms with van der Waals surface area (Å²) in [5, 5.41) is 3.63. The van der Waals surface area contributed by atoms with Crippen molar-refractivity contribution in [1.82, 2.24) is 5.32 Å². The highest BCUT2D eigenvalue weighted by atomic mass is 16.1. The third kappa shape index (κ3) is 1.78. The number of rotatable bonds is 4. The Balaban J connectivity index is 2.04. The Bertz CT molecular complexity index is 362. The van der Waals surface area contributed by atoms with E-state index in [9.17, 15) is 4.79 Å². The van der Waals surface area contributed by atoms with Crippen molar-refractivity contribution in [2.24, 2.45) is 27.9 Å². The summed E-state index contributed by atoms with van der Waals surface area (Å²) in [5.74, 6) is 0.610. The Morgan fingerprint density at radius 2 is 2.00 bits per heavy atom. The summed E-state index contributed by atoms with van der Waals surface area (Å²) in [6.45, 7) is 11.8. The summed E-state index contributed by atoms with van der Waals surface area (Å²) in [6.07, 6.45) is 3.92. The van der Waals surface area contributed by atoms with Crippen molar-refractivity contribution in [2.45, 2.75) is 59.9 Å². The first kappa shape index (κ1) is 13.9. The molecule has 1 amide bonds. The lowest BCUT2D eigenvalue weighted by Gasteiger charge is -2.40. The monoisotopic (exact) mass is 252 g/mol. The molecular formula is C15H28N2O. The highest BCUT2D eigenvalue weighted by Gasteiger charge is 2.61. The molecular weight excluding hydrogens is 224 g/mol. The Kier molecular flexibility index (Phi) is 3.05. The molecule has 3 N–H and O–H groups in total. The maximum absolute atomic E-state index is 11.4. The summed E-state index contributed by atoms with van der Waals surface area (Å²) in [4.78, 5) is 11.4. The average molecular weight is 252 g/mol. The molecule has 2 rings (SSSR count). The molecule has 2 fully saturated rings. The fourth-order valence-electron chi connectivity index (χ4n) is 3.98. The summed E-state index contributed by atoms with van der Waals surface area (Å²) < 4.78 is 0. The van der Waals surface area contributed by atoms with Crippen molar-refractivity contribution < 1.29 is 4.79 Å². The summed E-state index contributed by atoms with van der Waals surface area (Å²) in [6, 6.07) is 0.532. The Hall–Kier alpha value is -0.570. The van der Waals surface area contributed by atoms with E-state index in [0.29, 0.717) is 23.4 Å². The molecule has 0 heterocycles. The Morgan fingerprint density at radius 1 is 1.39 bits per heavy atom. The van der Waals surface area contributed by atoms with Gasteiger partial charge in [0.2, 0.25) is 5.91 Å². The minimum absolute atomic E-state index is 0.220. The maximum atomic E-state index is 11.4. The minimum Gasteiger partial charge on any atom is -0.369 e. The highest BCUT2D eigenvalue weighted by molar-refractivity contribution is 5.80. The number of carbonyl (C=O) groups excluding carboxylic acids is 1. The first-order chi connectivity index (χ1) is 8.11. The van der Waals surface area contributed by atoms with Crippen molar-refractivity contribution in [3.8, 4) is 0 Å². The lowest BCUT2D eigenvalue weighted by atomic mass is 9.69. The van der Waals surface area contributed by atoms with Crippen LogP contribution in [0.5, 0.6) is 0 Å². The van der Waals surface area contributed by atoms with Gasteiger partial charge >= 0.3 is 0 Å². The lowest BCUT2D eigenvalue weighted by molar-refractivity contribution is -0.125. The molecule has 3 heteroatoms. The second-order valence-electron chi connectivity index (χ2n) is 7.79. The second-order valence-corrected chi connectivity index (χ2v) is 7.79.